The van der Waals surface area contributed by atoms with Crippen molar-refractivity contribution in [2.75, 3.05) is 0 Å². The molecular weight excluding hydrogens is 214 g/mol. The Labute approximate surface area is 101 Å². The first-order valence-electron chi connectivity index (χ1n) is 5.64. The molecule has 0 N–H and O–H groups in total. The zero-order valence-electron chi connectivity index (χ0n) is 10.3. The quantitative estimate of drug-likeness (QED) is 0.751. The third-order valence-electron chi connectivity index (χ3n) is 2.97. The molecule has 2 heteroatoms. The minimum absolute atomic E-state index is 1.02. The van der Waals surface area contributed by atoms with Gasteiger partial charge in [-0.2, -0.15) is 0 Å². The molecule has 0 radical (unpaired) electrons. The van der Waals surface area contributed by atoms with E-state index in [0.717, 1.165) is 12.1 Å². The first kappa shape index (κ1) is 11.3. The second-order valence-corrected chi connectivity index (χ2v) is 5.17. The summed E-state index contributed by atoms with van der Waals surface area (Å²) in [6.07, 6.45) is 1.02. The lowest BCUT2D eigenvalue weighted by Gasteiger charge is -2.07. The van der Waals surface area contributed by atoms with Gasteiger partial charge in [-0.3, -0.25) is 0 Å². The summed E-state index contributed by atoms with van der Waals surface area (Å²) in [6, 6.07) is 4.49. The molecule has 1 nitrogen and oxygen atoms in total. The predicted octanol–water partition coefficient (Wildman–Crippen LogP) is 4.30. The van der Waals surface area contributed by atoms with Gasteiger partial charge in [0.25, 0.3) is 0 Å². The molecule has 0 aliphatic carbocycles. The van der Waals surface area contributed by atoms with E-state index in [-0.39, 0.29) is 0 Å². The van der Waals surface area contributed by atoms with Crippen LogP contribution < -0.4 is 0 Å². The largest absolute Gasteiger partial charge is 0.241 e. The molecule has 0 bridgehead atoms. The molecule has 0 atom stereocenters. The number of rotatable bonds is 2. The summed E-state index contributed by atoms with van der Waals surface area (Å²) in [5.74, 6) is 0. The van der Waals surface area contributed by atoms with Crippen LogP contribution in [-0.4, -0.2) is 4.98 Å². The van der Waals surface area contributed by atoms with E-state index in [0.29, 0.717) is 0 Å². The van der Waals surface area contributed by atoms with Crippen molar-refractivity contribution in [1.29, 1.82) is 0 Å². The first-order valence-corrected chi connectivity index (χ1v) is 6.52. The molecule has 1 heterocycles. The number of aromatic nitrogens is 1. The van der Waals surface area contributed by atoms with E-state index >= 15 is 0 Å². The summed E-state index contributed by atoms with van der Waals surface area (Å²) < 4.78 is 0. The number of thiazole rings is 1. The van der Waals surface area contributed by atoms with E-state index in [1.165, 1.54) is 27.3 Å². The summed E-state index contributed by atoms with van der Waals surface area (Å²) in [5, 5.41) is 3.38. The van der Waals surface area contributed by atoms with Crippen LogP contribution >= 0.6 is 11.3 Å². The average Bonchev–Trinajstić information content (AvgIpc) is 2.71. The highest BCUT2D eigenvalue weighted by Gasteiger charge is 2.07. The molecule has 0 amide bonds. The Kier molecular flexibility index (Phi) is 3.10. The van der Waals surface area contributed by atoms with Gasteiger partial charge in [0.15, 0.2) is 0 Å². The van der Waals surface area contributed by atoms with Crippen LogP contribution in [0.2, 0.25) is 0 Å². The van der Waals surface area contributed by atoms with E-state index < -0.39 is 0 Å². The Morgan fingerprint density at radius 2 is 1.75 bits per heavy atom. The zero-order valence-corrected chi connectivity index (χ0v) is 11.1. The molecule has 0 aliphatic rings. The van der Waals surface area contributed by atoms with E-state index in [1.807, 2.05) is 0 Å². The molecule has 1 aromatic heterocycles. The molecule has 2 aromatic rings. The van der Waals surface area contributed by atoms with Crippen LogP contribution in [0.25, 0.3) is 11.3 Å². The molecule has 16 heavy (non-hydrogen) atoms. The highest BCUT2D eigenvalue weighted by molar-refractivity contribution is 7.09. The van der Waals surface area contributed by atoms with Crippen LogP contribution in [-0.2, 0) is 6.42 Å². The summed E-state index contributed by atoms with van der Waals surface area (Å²) in [7, 11) is 0. The van der Waals surface area contributed by atoms with Crippen molar-refractivity contribution in [3.63, 3.8) is 0 Å². The molecular formula is C14H17NS. The number of nitrogens with zero attached hydrogens (tertiary/aromatic N) is 1. The lowest BCUT2D eigenvalue weighted by molar-refractivity contribution is 1.09. The molecule has 0 spiro atoms. The molecule has 0 unspecified atom stereocenters. The summed E-state index contributed by atoms with van der Waals surface area (Å²) in [5.41, 5.74) is 6.41. The Balaban J connectivity index is 2.51. The molecule has 0 aliphatic heterocycles. The maximum atomic E-state index is 4.65. The summed E-state index contributed by atoms with van der Waals surface area (Å²) in [6.45, 7) is 8.62. The van der Waals surface area contributed by atoms with Crippen molar-refractivity contribution < 1.29 is 0 Å². The van der Waals surface area contributed by atoms with Gasteiger partial charge in [0.05, 0.1) is 10.7 Å². The van der Waals surface area contributed by atoms with Crippen molar-refractivity contribution >= 4 is 11.3 Å². The number of hydrogen-bond acceptors (Lipinski definition) is 2. The number of benzene rings is 1. The van der Waals surface area contributed by atoms with Crippen molar-refractivity contribution in [3.05, 3.63) is 39.2 Å². The molecule has 1 aromatic carbocycles. The second-order valence-electron chi connectivity index (χ2n) is 4.23. The lowest BCUT2D eigenvalue weighted by Crippen LogP contribution is -1.89. The SMILES string of the molecule is CCc1nc(-c2cc(C)c(C)cc2C)cs1. The Bertz CT molecular complexity index is 511. The van der Waals surface area contributed by atoms with Crippen molar-refractivity contribution in [1.82, 2.24) is 4.98 Å². The number of aryl methyl sites for hydroxylation is 4. The molecule has 0 saturated heterocycles. The fourth-order valence-corrected chi connectivity index (χ4v) is 2.58. The number of hydrogen-bond donors (Lipinski definition) is 0. The van der Waals surface area contributed by atoms with Crippen LogP contribution in [0.4, 0.5) is 0 Å². The highest BCUT2D eigenvalue weighted by atomic mass is 32.1. The highest BCUT2D eigenvalue weighted by Crippen LogP contribution is 2.27. The zero-order chi connectivity index (χ0) is 11.7. The van der Waals surface area contributed by atoms with Crippen LogP contribution in [0.3, 0.4) is 0 Å². The lowest BCUT2D eigenvalue weighted by atomic mass is 9.99. The average molecular weight is 231 g/mol. The van der Waals surface area contributed by atoms with Gasteiger partial charge in [-0.25, -0.2) is 4.98 Å². The third-order valence-corrected chi connectivity index (χ3v) is 3.96. The van der Waals surface area contributed by atoms with Gasteiger partial charge in [0.2, 0.25) is 0 Å². The van der Waals surface area contributed by atoms with Crippen LogP contribution in [0.5, 0.6) is 0 Å². The second kappa shape index (κ2) is 4.38. The van der Waals surface area contributed by atoms with Gasteiger partial charge in [-0.05, 0) is 49.9 Å². The van der Waals surface area contributed by atoms with E-state index in [2.05, 4.69) is 50.2 Å². The van der Waals surface area contributed by atoms with Gasteiger partial charge >= 0.3 is 0 Å². The maximum absolute atomic E-state index is 4.65. The summed E-state index contributed by atoms with van der Waals surface area (Å²) >= 11 is 1.75. The van der Waals surface area contributed by atoms with Crippen LogP contribution in [0.15, 0.2) is 17.5 Å². The molecule has 84 valence electrons. The summed E-state index contributed by atoms with van der Waals surface area (Å²) in [4.78, 5) is 4.65. The minimum Gasteiger partial charge on any atom is -0.241 e. The standard InChI is InChI=1S/C14H17NS/c1-5-14-15-13(8-16-14)12-7-10(3)9(2)6-11(12)4/h6-8H,5H2,1-4H3. The first-order chi connectivity index (χ1) is 7.61. The third kappa shape index (κ3) is 2.03. The molecule has 0 saturated carbocycles. The van der Waals surface area contributed by atoms with Crippen LogP contribution in [0.1, 0.15) is 28.6 Å². The van der Waals surface area contributed by atoms with E-state index in [4.69, 9.17) is 0 Å². The normalized spacial score (nSPS) is 10.8. The fraction of sp³-hybridized carbons (Fsp3) is 0.357. The van der Waals surface area contributed by atoms with Gasteiger partial charge < -0.3 is 0 Å². The minimum atomic E-state index is 1.02. The van der Waals surface area contributed by atoms with Crippen LogP contribution in [0, 0.1) is 20.8 Å². The van der Waals surface area contributed by atoms with Crippen molar-refractivity contribution in [2.24, 2.45) is 0 Å². The van der Waals surface area contributed by atoms with E-state index in [1.54, 1.807) is 11.3 Å². The van der Waals surface area contributed by atoms with Crippen molar-refractivity contribution in [2.45, 2.75) is 34.1 Å². The monoisotopic (exact) mass is 231 g/mol. The van der Waals surface area contributed by atoms with Gasteiger partial charge in [0.1, 0.15) is 0 Å². The predicted molar refractivity (Wildman–Crippen MR) is 71.1 cm³/mol. The molecule has 2 rings (SSSR count). The van der Waals surface area contributed by atoms with Gasteiger partial charge in [-0.1, -0.05) is 13.0 Å². The Morgan fingerprint density at radius 3 is 2.38 bits per heavy atom. The molecule has 0 fully saturated rings. The Hall–Kier alpha value is -1.15. The van der Waals surface area contributed by atoms with Crippen molar-refractivity contribution in [3.8, 4) is 11.3 Å². The fourth-order valence-electron chi connectivity index (χ4n) is 1.83. The Morgan fingerprint density at radius 1 is 1.06 bits per heavy atom. The smallest absolute Gasteiger partial charge is 0.0929 e. The topological polar surface area (TPSA) is 12.9 Å². The maximum Gasteiger partial charge on any atom is 0.0929 e. The van der Waals surface area contributed by atoms with Gasteiger partial charge in [-0.15, -0.1) is 11.3 Å². The van der Waals surface area contributed by atoms with Gasteiger partial charge in [0, 0.05) is 10.9 Å². The van der Waals surface area contributed by atoms with E-state index in [9.17, 15) is 0 Å².